The summed E-state index contributed by atoms with van der Waals surface area (Å²) in [4.78, 5) is 0. The Balaban J connectivity index is 1.60. The second-order valence-corrected chi connectivity index (χ2v) is 19.4. The van der Waals surface area contributed by atoms with Gasteiger partial charge in [0.15, 0.2) is 0 Å². The predicted molar refractivity (Wildman–Crippen MR) is 224 cm³/mol. The summed E-state index contributed by atoms with van der Waals surface area (Å²) in [6, 6.07) is 33.4. The molecule has 0 atom stereocenters. The zero-order valence-corrected chi connectivity index (χ0v) is 32.1. The lowest BCUT2D eigenvalue weighted by Crippen LogP contribution is -2.17. The normalized spacial score (nSPS) is 14.0. The van der Waals surface area contributed by atoms with Crippen LogP contribution in [0.5, 0.6) is 0 Å². The third kappa shape index (κ3) is 4.06. The van der Waals surface area contributed by atoms with Crippen molar-refractivity contribution in [2.24, 2.45) is 0 Å². The van der Waals surface area contributed by atoms with Gasteiger partial charge in [0, 0.05) is 0 Å². The molecular weight excluding hydrogens is 601 g/mol. The van der Waals surface area contributed by atoms with Crippen molar-refractivity contribution in [3.05, 3.63) is 107 Å². The summed E-state index contributed by atoms with van der Waals surface area (Å²) in [7, 11) is 0. The number of fused-ring (bicyclic) bond motifs is 10. The van der Waals surface area contributed by atoms with Crippen LogP contribution in [0.4, 0.5) is 0 Å². The Labute approximate surface area is 297 Å². The Bertz CT molecular complexity index is 2870. The van der Waals surface area contributed by atoms with Gasteiger partial charge in [-0.1, -0.05) is 156 Å². The molecule has 0 amide bonds. The summed E-state index contributed by atoms with van der Waals surface area (Å²) in [5.41, 5.74) is 5.78. The molecule has 0 bridgehead atoms. The molecule has 0 aliphatic rings. The highest BCUT2D eigenvalue weighted by Gasteiger charge is 2.32. The molecule has 0 heterocycles. The van der Waals surface area contributed by atoms with Crippen LogP contribution in [0.15, 0.2) is 84.9 Å². The number of hydrogen-bond acceptors (Lipinski definition) is 0. The molecule has 9 rings (SSSR count). The van der Waals surface area contributed by atoms with Crippen LogP contribution in [-0.2, 0) is 21.7 Å². The second kappa shape index (κ2) is 9.67. The van der Waals surface area contributed by atoms with Crippen LogP contribution in [0.2, 0.25) is 0 Å². The molecule has 0 fully saturated rings. The summed E-state index contributed by atoms with van der Waals surface area (Å²) < 4.78 is 0. The van der Waals surface area contributed by atoms with Crippen molar-refractivity contribution >= 4 is 86.2 Å². The van der Waals surface area contributed by atoms with Gasteiger partial charge in [-0.3, -0.25) is 0 Å². The molecule has 0 saturated carbocycles. The highest BCUT2D eigenvalue weighted by molar-refractivity contribution is 6.42. The van der Waals surface area contributed by atoms with Crippen LogP contribution >= 0.6 is 0 Å². The summed E-state index contributed by atoms with van der Waals surface area (Å²) in [6.07, 6.45) is 0. The average Bonchev–Trinajstić information content (AvgIpc) is 3.52. The van der Waals surface area contributed by atoms with Gasteiger partial charge in [0.25, 0.3) is 0 Å². The van der Waals surface area contributed by atoms with E-state index in [1.165, 1.54) is 108 Å². The van der Waals surface area contributed by atoms with Crippen molar-refractivity contribution in [1.82, 2.24) is 0 Å². The molecule has 250 valence electrons. The molecule has 0 heteroatoms. The molecule has 0 nitrogen and oxygen atoms in total. The Morgan fingerprint density at radius 3 is 1.02 bits per heavy atom. The van der Waals surface area contributed by atoms with E-state index in [4.69, 9.17) is 0 Å². The summed E-state index contributed by atoms with van der Waals surface area (Å²) in [5, 5.41) is 22.5. The van der Waals surface area contributed by atoms with E-state index < -0.39 is 0 Å². The Morgan fingerprint density at radius 2 is 0.600 bits per heavy atom. The van der Waals surface area contributed by atoms with Crippen LogP contribution in [0.1, 0.15) is 105 Å². The van der Waals surface area contributed by atoms with Crippen molar-refractivity contribution in [2.45, 2.75) is 105 Å². The van der Waals surface area contributed by atoms with Gasteiger partial charge in [-0.2, -0.15) is 0 Å². The van der Waals surface area contributed by atoms with Gasteiger partial charge in [-0.05, 0) is 142 Å². The van der Waals surface area contributed by atoms with E-state index in [0.29, 0.717) is 0 Å². The molecule has 50 heavy (non-hydrogen) atoms. The van der Waals surface area contributed by atoms with Crippen molar-refractivity contribution < 1.29 is 0 Å². The molecule has 9 aromatic rings. The van der Waals surface area contributed by atoms with Gasteiger partial charge in [0.05, 0.1) is 0 Å². The lowest BCUT2D eigenvalue weighted by atomic mass is 9.74. The SMILES string of the molecule is CC(C)(C)c1ccc(C(C)(C)C)c2c3cc4c(cc5c6c(C(C)(C)C)c7ccccc7c(C(C)(C)C)c6c6cccc4c65)c4cccc(c12)c43. The van der Waals surface area contributed by atoms with Gasteiger partial charge in [0.1, 0.15) is 0 Å². The van der Waals surface area contributed by atoms with Crippen LogP contribution < -0.4 is 0 Å². The fourth-order valence-electron chi connectivity index (χ4n) is 9.93. The predicted octanol–water partition coefficient (Wildman–Crippen LogP) is 15.0. The standard InChI is InChI=1S/C50H50/c1-47(2,3)37-23-24-38(48(4,5)6)42-35-25-33-28-20-16-22-32-40(28)36(26-34(33)27-19-15-21-31(39(27)35)41(37)42)44-43(32)45(49(7,8)9)29-17-13-14-18-30(29)46(44)50(10,11)12/h13-26H,1-12H3. The molecule has 0 spiro atoms. The average molecular weight is 651 g/mol. The zero-order valence-electron chi connectivity index (χ0n) is 32.1. The van der Waals surface area contributed by atoms with Crippen molar-refractivity contribution in [3.8, 4) is 0 Å². The molecule has 0 aliphatic heterocycles. The first kappa shape index (κ1) is 31.6. The second-order valence-electron chi connectivity index (χ2n) is 19.4. The lowest BCUT2D eigenvalue weighted by Gasteiger charge is -2.29. The van der Waals surface area contributed by atoms with Gasteiger partial charge >= 0.3 is 0 Å². The molecule has 0 N–H and O–H groups in total. The van der Waals surface area contributed by atoms with Gasteiger partial charge in [-0.15, -0.1) is 0 Å². The molecular formula is C50H50. The Kier molecular flexibility index (Phi) is 6.10. The molecule has 0 unspecified atom stereocenters. The van der Waals surface area contributed by atoms with Crippen LogP contribution in [0.3, 0.4) is 0 Å². The monoisotopic (exact) mass is 650 g/mol. The number of rotatable bonds is 0. The maximum atomic E-state index is 2.59. The van der Waals surface area contributed by atoms with E-state index in [9.17, 15) is 0 Å². The van der Waals surface area contributed by atoms with E-state index in [1.807, 2.05) is 0 Å². The van der Waals surface area contributed by atoms with Crippen molar-refractivity contribution in [3.63, 3.8) is 0 Å². The fraction of sp³-hybridized carbons (Fsp3) is 0.320. The largest absolute Gasteiger partial charge is 0.0616 e. The molecule has 9 aromatic carbocycles. The van der Waals surface area contributed by atoms with Crippen LogP contribution in [0.25, 0.3) is 86.2 Å². The van der Waals surface area contributed by atoms with Gasteiger partial charge < -0.3 is 0 Å². The number of hydrogen-bond donors (Lipinski definition) is 0. The topological polar surface area (TPSA) is 0 Å². The minimum absolute atomic E-state index is 0.0161. The Morgan fingerprint density at radius 1 is 0.260 bits per heavy atom. The fourth-order valence-corrected chi connectivity index (χ4v) is 9.93. The molecule has 0 aromatic heterocycles. The van der Waals surface area contributed by atoms with Crippen LogP contribution in [0, 0.1) is 0 Å². The maximum Gasteiger partial charge on any atom is -0.00197 e. The first-order valence-electron chi connectivity index (χ1n) is 18.6. The highest BCUT2D eigenvalue weighted by atomic mass is 14.4. The molecule has 0 saturated heterocycles. The van der Waals surface area contributed by atoms with E-state index >= 15 is 0 Å². The molecule has 0 aliphatic carbocycles. The quantitative estimate of drug-likeness (QED) is 0.143. The van der Waals surface area contributed by atoms with E-state index in [2.05, 4.69) is 168 Å². The smallest absolute Gasteiger partial charge is 0.00197 e. The minimum atomic E-state index is -0.0419. The first-order chi connectivity index (χ1) is 23.4. The third-order valence-corrected chi connectivity index (χ3v) is 11.7. The summed E-state index contributed by atoms with van der Waals surface area (Å²) in [5.74, 6) is 0. The Hall–Kier alpha value is -4.42. The maximum absolute atomic E-state index is 2.59. The molecule has 0 radical (unpaired) electrons. The third-order valence-electron chi connectivity index (χ3n) is 11.7. The van der Waals surface area contributed by atoms with E-state index in [-0.39, 0.29) is 21.7 Å². The summed E-state index contributed by atoms with van der Waals surface area (Å²) >= 11 is 0. The highest BCUT2D eigenvalue weighted by Crippen LogP contribution is 2.54. The summed E-state index contributed by atoms with van der Waals surface area (Å²) in [6.45, 7) is 28.6. The van der Waals surface area contributed by atoms with E-state index in [0.717, 1.165) is 0 Å². The van der Waals surface area contributed by atoms with Crippen molar-refractivity contribution in [2.75, 3.05) is 0 Å². The van der Waals surface area contributed by atoms with Crippen molar-refractivity contribution in [1.29, 1.82) is 0 Å². The number of benzene rings is 7. The minimum Gasteiger partial charge on any atom is -0.0616 e. The lowest BCUT2D eigenvalue weighted by molar-refractivity contribution is 0.586. The zero-order chi connectivity index (χ0) is 35.4. The van der Waals surface area contributed by atoms with Crippen LogP contribution in [-0.4, -0.2) is 0 Å². The van der Waals surface area contributed by atoms with Gasteiger partial charge in [0.2, 0.25) is 0 Å². The van der Waals surface area contributed by atoms with Gasteiger partial charge in [-0.25, -0.2) is 0 Å². The first-order valence-corrected chi connectivity index (χ1v) is 18.6. The van der Waals surface area contributed by atoms with E-state index in [1.54, 1.807) is 0 Å².